The number of nitrogens with zero attached hydrogens (tertiary/aromatic N) is 1. The molecule has 0 saturated carbocycles. The molecule has 7 heteroatoms. The fourth-order valence-electron chi connectivity index (χ4n) is 2.98. The van der Waals surface area contributed by atoms with Gasteiger partial charge in [0.25, 0.3) is 11.8 Å². The maximum absolute atomic E-state index is 12.4. The Labute approximate surface area is 146 Å². The van der Waals surface area contributed by atoms with Gasteiger partial charge in [-0.25, -0.2) is 0 Å². The number of hydrogen-bond donors (Lipinski definition) is 2. The number of thioether (sulfide) groups is 1. The highest BCUT2D eigenvalue weighted by Gasteiger charge is 2.33. The van der Waals surface area contributed by atoms with Crippen molar-refractivity contribution < 1.29 is 14.3 Å². The van der Waals surface area contributed by atoms with Crippen LogP contribution in [0.1, 0.15) is 29.6 Å². The molecule has 3 rings (SSSR count). The molecular formula is C17H23N3O3S. The smallest absolute Gasteiger partial charge is 0.252 e. The zero-order valence-electron chi connectivity index (χ0n) is 13.8. The molecule has 6 nitrogen and oxygen atoms in total. The summed E-state index contributed by atoms with van der Waals surface area (Å²) in [5.74, 6) is -0.123. The Hall–Kier alpha value is -1.57. The Balaban J connectivity index is 1.65. The highest BCUT2D eigenvalue weighted by Crippen LogP contribution is 2.38. The van der Waals surface area contributed by atoms with Crippen LogP contribution in [0, 0.1) is 0 Å². The maximum atomic E-state index is 12.4. The number of anilines is 1. The SMILES string of the molecule is COCCCNC(=O)c1ccc2c(c1)NC(=O)C(N1CCCC1)S2. The normalized spacial score (nSPS) is 20.5. The summed E-state index contributed by atoms with van der Waals surface area (Å²) in [7, 11) is 1.64. The zero-order valence-corrected chi connectivity index (χ0v) is 14.7. The predicted molar refractivity (Wildman–Crippen MR) is 94.3 cm³/mol. The van der Waals surface area contributed by atoms with E-state index in [1.165, 1.54) is 0 Å². The van der Waals surface area contributed by atoms with Gasteiger partial charge in [0.05, 0.1) is 5.69 Å². The number of rotatable bonds is 6. The third kappa shape index (κ3) is 3.91. The third-order valence-electron chi connectivity index (χ3n) is 4.25. The Bertz CT molecular complexity index is 617. The third-order valence-corrected chi connectivity index (χ3v) is 5.59. The minimum absolute atomic E-state index is 0.00653. The average molecular weight is 349 g/mol. The van der Waals surface area contributed by atoms with Crippen LogP contribution < -0.4 is 10.6 Å². The number of likely N-dealkylation sites (tertiary alicyclic amines) is 1. The lowest BCUT2D eigenvalue weighted by molar-refractivity contribution is -0.118. The summed E-state index contributed by atoms with van der Waals surface area (Å²) in [6.45, 7) is 3.14. The van der Waals surface area contributed by atoms with Crippen molar-refractivity contribution in [2.45, 2.75) is 29.5 Å². The quantitative estimate of drug-likeness (QED) is 0.768. The van der Waals surface area contributed by atoms with E-state index >= 15 is 0 Å². The second-order valence-corrected chi connectivity index (χ2v) is 7.14. The number of ether oxygens (including phenoxy) is 1. The van der Waals surface area contributed by atoms with E-state index in [4.69, 9.17) is 4.74 Å². The molecule has 24 heavy (non-hydrogen) atoms. The summed E-state index contributed by atoms with van der Waals surface area (Å²) < 4.78 is 4.96. The Morgan fingerprint density at radius 1 is 1.42 bits per heavy atom. The Morgan fingerprint density at radius 3 is 2.96 bits per heavy atom. The second kappa shape index (κ2) is 8.00. The first-order valence-electron chi connectivity index (χ1n) is 8.32. The number of amides is 2. The highest BCUT2D eigenvalue weighted by atomic mass is 32.2. The van der Waals surface area contributed by atoms with E-state index in [0.29, 0.717) is 18.7 Å². The molecule has 0 aliphatic carbocycles. The topological polar surface area (TPSA) is 70.7 Å². The average Bonchev–Trinajstić information content (AvgIpc) is 3.11. The van der Waals surface area contributed by atoms with Crippen molar-refractivity contribution in [3.8, 4) is 0 Å². The first-order chi connectivity index (χ1) is 11.7. The number of methoxy groups -OCH3 is 1. The van der Waals surface area contributed by atoms with Crippen LogP contribution in [0.15, 0.2) is 23.1 Å². The van der Waals surface area contributed by atoms with Crippen LogP contribution in [0.25, 0.3) is 0 Å². The minimum Gasteiger partial charge on any atom is -0.385 e. The van der Waals surface area contributed by atoms with E-state index in [1.54, 1.807) is 24.9 Å². The van der Waals surface area contributed by atoms with Crippen molar-refractivity contribution in [1.82, 2.24) is 10.2 Å². The number of fused-ring (bicyclic) bond motifs is 1. The van der Waals surface area contributed by atoms with Gasteiger partial charge in [0.1, 0.15) is 5.37 Å². The Morgan fingerprint density at radius 2 is 2.21 bits per heavy atom. The van der Waals surface area contributed by atoms with E-state index in [9.17, 15) is 9.59 Å². The van der Waals surface area contributed by atoms with Crippen molar-refractivity contribution in [3.05, 3.63) is 23.8 Å². The molecule has 0 spiro atoms. The van der Waals surface area contributed by atoms with Gasteiger partial charge in [0, 0.05) is 30.7 Å². The van der Waals surface area contributed by atoms with Gasteiger partial charge in [-0.15, -0.1) is 0 Å². The molecule has 2 aliphatic heterocycles. The van der Waals surface area contributed by atoms with Crippen LogP contribution >= 0.6 is 11.8 Å². The molecule has 1 aromatic rings. The van der Waals surface area contributed by atoms with Gasteiger partial charge in [0.2, 0.25) is 0 Å². The van der Waals surface area contributed by atoms with Gasteiger partial charge in [-0.2, -0.15) is 0 Å². The van der Waals surface area contributed by atoms with E-state index in [0.717, 1.165) is 42.9 Å². The summed E-state index contributed by atoms with van der Waals surface area (Å²) in [6, 6.07) is 5.49. The van der Waals surface area contributed by atoms with Crippen molar-refractivity contribution in [3.63, 3.8) is 0 Å². The number of benzene rings is 1. The van der Waals surface area contributed by atoms with Crippen LogP contribution in [0.3, 0.4) is 0 Å². The number of nitrogens with one attached hydrogen (secondary N) is 2. The maximum Gasteiger partial charge on any atom is 0.252 e. The fourth-order valence-corrected chi connectivity index (χ4v) is 4.13. The molecule has 2 amide bonds. The molecule has 1 unspecified atom stereocenters. The molecule has 2 heterocycles. The van der Waals surface area contributed by atoms with Crippen molar-refractivity contribution in [2.24, 2.45) is 0 Å². The van der Waals surface area contributed by atoms with Gasteiger partial charge < -0.3 is 15.4 Å². The summed E-state index contributed by atoms with van der Waals surface area (Å²) >= 11 is 1.57. The molecule has 130 valence electrons. The van der Waals surface area contributed by atoms with Crippen molar-refractivity contribution in [2.75, 3.05) is 38.7 Å². The van der Waals surface area contributed by atoms with Crippen LogP contribution in [0.4, 0.5) is 5.69 Å². The molecule has 2 N–H and O–H groups in total. The lowest BCUT2D eigenvalue weighted by atomic mass is 10.1. The Kier molecular flexibility index (Phi) is 5.76. The van der Waals surface area contributed by atoms with Gasteiger partial charge in [-0.3, -0.25) is 14.5 Å². The first kappa shape index (κ1) is 17.3. The van der Waals surface area contributed by atoms with Gasteiger partial charge >= 0.3 is 0 Å². The predicted octanol–water partition coefficient (Wildman–Crippen LogP) is 1.92. The van der Waals surface area contributed by atoms with E-state index < -0.39 is 0 Å². The van der Waals surface area contributed by atoms with Crippen LogP contribution in [0.5, 0.6) is 0 Å². The fraction of sp³-hybridized carbons (Fsp3) is 0.529. The van der Waals surface area contributed by atoms with Crippen molar-refractivity contribution in [1.29, 1.82) is 0 Å². The number of carbonyl (C=O) groups is 2. The molecule has 0 bridgehead atoms. The summed E-state index contributed by atoms with van der Waals surface area (Å²) in [5.41, 5.74) is 1.29. The summed E-state index contributed by atoms with van der Waals surface area (Å²) in [6.07, 6.45) is 3.08. The van der Waals surface area contributed by atoms with E-state index in [-0.39, 0.29) is 17.2 Å². The second-order valence-electron chi connectivity index (χ2n) is 6.02. The lowest BCUT2D eigenvalue weighted by Crippen LogP contribution is -2.42. The lowest BCUT2D eigenvalue weighted by Gasteiger charge is -2.30. The molecule has 1 fully saturated rings. The number of hydrogen-bond acceptors (Lipinski definition) is 5. The summed E-state index contributed by atoms with van der Waals surface area (Å²) in [4.78, 5) is 27.8. The van der Waals surface area contributed by atoms with Crippen LogP contribution in [0.2, 0.25) is 0 Å². The van der Waals surface area contributed by atoms with Gasteiger partial charge in [-0.05, 0) is 50.6 Å². The number of carbonyl (C=O) groups excluding carboxylic acids is 2. The molecular weight excluding hydrogens is 326 g/mol. The minimum atomic E-state index is -0.159. The molecule has 2 aliphatic rings. The molecule has 1 saturated heterocycles. The highest BCUT2D eigenvalue weighted by molar-refractivity contribution is 8.00. The van der Waals surface area contributed by atoms with E-state index in [2.05, 4.69) is 15.5 Å². The zero-order chi connectivity index (χ0) is 16.9. The van der Waals surface area contributed by atoms with Gasteiger partial charge in [0.15, 0.2) is 0 Å². The monoisotopic (exact) mass is 349 g/mol. The largest absolute Gasteiger partial charge is 0.385 e. The van der Waals surface area contributed by atoms with Crippen LogP contribution in [-0.4, -0.2) is 55.4 Å². The van der Waals surface area contributed by atoms with E-state index in [1.807, 2.05) is 12.1 Å². The van der Waals surface area contributed by atoms with Crippen molar-refractivity contribution >= 4 is 29.3 Å². The molecule has 1 atom stereocenters. The standard InChI is InChI=1S/C17H23N3O3S/c1-23-10-4-7-18-15(21)12-5-6-14-13(11-12)19-16(22)17(24-14)20-8-2-3-9-20/h5-6,11,17H,2-4,7-10H2,1H3,(H,18,21)(H,19,22). The summed E-state index contributed by atoms with van der Waals surface area (Å²) in [5, 5.41) is 5.66. The molecule has 0 aromatic heterocycles. The molecule has 1 aromatic carbocycles. The molecule has 0 radical (unpaired) electrons. The van der Waals surface area contributed by atoms with Gasteiger partial charge in [-0.1, -0.05) is 11.8 Å². The van der Waals surface area contributed by atoms with Crippen LogP contribution in [-0.2, 0) is 9.53 Å². The first-order valence-corrected chi connectivity index (χ1v) is 9.20.